The van der Waals surface area contributed by atoms with Gasteiger partial charge in [0.25, 0.3) is 0 Å². The van der Waals surface area contributed by atoms with Crippen LogP contribution in [0.2, 0.25) is 0 Å². The first-order chi connectivity index (χ1) is 1.00. The van der Waals surface area contributed by atoms with Gasteiger partial charge in [-0.05, 0) is 0 Å². The number of rotatable bonds is 0. The van der Waals surface area contributed by atoms with E-state index in [0.717, 1.165) is 0 Å². The minimum absolute atomic E-state index is 0. The Morgan fingerprint density at radius 2 is 1.20 bits per heavy atom. The molecular weight excluding hydrogens is 450 g/mol. The molecular formula is H4BaMgOTaZr. The summed E-state index contributed by atoms with van der Waals surface area (Å²) in [4.78, 5) is 0. The fourth-order valence-electron chi connectivity index (χ4n) is 0. The Morgan fingerprint density at radius 1 is 1.20 bits per heavy atom. The molecule has 0 aromatic heterocycles. The van der Waals surface area contributed by atoms with Crippen molar-refractivity contribution in [1.29, 1.82) is 0 Å². The SMILES string of the molecule is [BaH2].[MgH2].[O]=[Ta].[Zr]. The molecule has 0 aromatic carbocycles. The van der Waals surface area contributed by atoms with E-state index in [1.807, 2.05) is 0 Å². The normalized spacial score (nSPS) is 0.600. The molecule has 0 aliphatic heterocycles. The molecule has 1 nitrogen and oxygen atoms in total. The second-order valence-electron chi connectivity index (χ2n) is 0. The molecule has 0 N–H and O–H groups in total. The average Bonchev–Trinajstić information content (AvgIpc) is 1.00. The standard InChI is InChI=1S/Ba.Mg.O.Ta.Zr.4H. The molecule has 0 amide bonds. The maximum absolute atomic E-state index is 8.36. The van der Waals surface area contributed by atoms with Gasteiger partial charge in [0, 0.05) is 26.2 Å². The molecule has 0 rings (SSSR count). The molecule has 0 atom stereocenters. The van der Waals surface area contributed by atoms with E-state index in [1.54, 1.807) is 0 Å². The van der Waals surface area contributed by atoms with Crippen molar-refractivity contribution in [1.82, 2.24) is 0 Å². The summed E-state index contributed by atoms with van der Waals surface area (Å²) in [7, 11) is 0. The molecule has 5 heteroatoms. The molecule has 5 heavy (non-hydrogen) atoms. The van der Waals surface area contributed by atoms with Crippen molar-refractivity contribution in [3.63, 3.8) is 0 Å². The van der Waals surface area contributed by atoms with E-state index in [-0.39, 0.29) is 119 Å². The molecule has 0 aliphatic rings. The van der Waals surface area contributed by atoms with Crippen LogP contribution < -0.4 is 0 Å². The van der Waals surface area contributed by atoms with E-state index in [4.69, 9.17) is 3.25 Å². The van der Waals surface area contributed by atoms with Crippen molar-refractivity contribution in [2.75, 3.05) is 0 Å². The first-order valence-electron chi connectivity index (χ1n) is 0.183. The summed E-state index contributed by atoms with van der Waals surface area (Å²) in [5.74, 6) is 0. The number of hydrogen-bond donors (Lipinski definition) is 0. The van der Waals surface area contributed by atoms with Crippen LogP contribution in [-0.4, -0.2) is 71.9 Å². The van der Waals surface area contributed by atoms with Gasteiger partial charge in [-0.3, -0.25) is 0 Å². The fraction of sp³-hybridized carbons (Fsp3) is 0. The zero-order valence-corrected chi connectivity index (χ0v) is 7.03. The van der Waals surface area contributed by atoms with Gasteiger partial charge in [0.2, 0.25) is 0 Å². The molecule has 0 unspecified atom stereocenters. The van der Waals surface area contributed by atoms with Gasteiger partial charge in [0.15, 0.2) is 0 Å². The molecule has 0 aliphatic carbocycles. The van der Waals surface area contributed by atoms with Crippen LogP contribution in [0.4, 0.5) is 0 Å². The Kier molecular flexibility index (Phi) is 117. The van der Waals surface area contributed by atoms with Gasteiger partial charge < -0.3 is 0 Å². The zero-order chi connectivity index (χ0) is 2.00. The third-order valence-electron chi connectivity index (χ3n) is 0. The topological polar surface area (TPSA) is 17.1 Å². The molecule has 23 valence electrons. The van der Waals surface area contributed by atoms with Crippen LogP contribution in [0, 0.1) is 0 Å². The predicted octanol–water partition coefficient (Wildman–Crippen LogP) is -1.96. The summed E-state index contributed by atoms with van der Waals surface area (Å²) in [6.07, 6.45) is 0. The second-order valence-corrected chi connectivity index (χ2v) is 0. The van der Waals surface area contributed by atoms with E-state index in [0.29, 0.717) is 0 Å². The molecule has 0 radical (unpaired) electrons. The molecule has 0 fully saturated rings. The van der Waals surface area contributed by atoms with Crippen molar-refractivity contribution >= 4 is 71.9 Å². The Labute approximate surface area is 119 Å². The van der Waals surface area contributed by atoms with Gasteiger partial charge in [0.1, 0.15) is 0 Å². The smallest absolute Gasteiger partial charge is 0 e. The van der Waals surface area contributed by atoms with E-state index >= 15 is 0 Å². The van der Waals surface area contributed by atoms with Crippen molar-refractivity contribution in [3.05, 3.63) is 0 Å². The summed E-state index contributed by atoms with van der Waals surface area (Å²) in [6.45, 7) is 0. The second kappa shape index (κ2) is 25.1. The minimum Gasteiger partial charge on any atom is 0 e. The summed E-state index contributed by atoms with van der Waals surface area (Å²) < 4.78 is 8.36. The van der Waals surface area contributed by atoms with Crippen LogP contribution >= 0.6 is 0 Å². The van der Waals surface area contributed by atoms with Gasteiger partial charge in [-0.1, -0.05) is 0 Å². The van der Waals surface area contributed by atoms with E-state index in [2.05, 4.69) is 0 Å². The van der Waals surface area contributed by atoms with E-state index < -0.39 is 0 Å². The Hall–Kier alpha value is 3.76. The predicted molar refractivity (Wildman–Crippen MR) is 17.8 cm³/mol. The van der Waals surface area contributed by atoms with Gasteiger partial charge in [-0.15, -0.1) is 0 Å². The molecule has 0 spiro atoms. The van der Waals surface area contributed by atoms with Gasteiger partial charge in [0.05, 0.1) is 0 Å². The fourth-order valence-corrected chi connectivity index (χ4v) is 0. The summed E-state index contributed by atoms with van der Waals surface area (Å²) in [5.41, 5.74) is 0. The minimum atomic E-state index is 0. The van der Waals surface area contributed by atoms with Crippen LogP contribution in [0.5, 0.6) is 0 Å². The van der Waals surface area contributed by atoms with Crippen molar-refractivity contribution < 1.29 is 50.5 Å². The van der Waals surface area contributed by atoms with Crippen LogP contribution in [-0.2, 0) is 50.5 Å². The number of hydrogen-bond acceptors (Lipinski definition) is 1. The van der Waals surface area contributed by atoms with Gasteiger partial charge in [-0.2, -0.15) is 0 Å². The summed E-state index contributed by atoms with van der Waals surface area (Å²) in [6, 6.07) is 0. The quantitative estimate of drug-likeness (QED) is 0.390. The van der Waals surface area contributed by atoms with Gasteiger partial charge in [-0.25, -0.2) is 0 Å². The van der Waals surface area contributed by atoms with Gasteiger partial charge >= 0.3 is 96.2 Å². The summed E-state index contributed by atoms with van der Waals surface area (Å²) >= 11 is 0.194. The largest absolute Gasteiger partial charge is 0 e. The third-order valence-corrected chi connectivity index (χ3v) is 0. The molecule has 0 heterocycles. The molecule has 0 aromatic rings. The Balaban J connectivity index is -0.00000000167. The van der Waals surface area contributed by atoms with E-state index in [1.165, 1.54) is 0 Å². The summed E-state index contributed by atoms with van der Waals surface area (Å²) in [5, 5.41) is 0. The molecule has 0 bridgehead atoms. The first-order valence-corrected chi connectivity index (χ1v) is 1.49. The van der Waals surface area contributed by atoms with Crippen LogP contribution in [0.1, 0.15) is 0 Å². The van der Waals surface area contributed by atoms with Crippen molar-refractivity contribution in [2.24, 2.45) is 0 Å². The zero-order valence-electron chi connectivity index (χ0n) is 1.36. The maximum atomic E-state index is 8.36. The molecule has 0 saturated carbocycles. The monoisotopic (exact) mass is 453 g/mol. The van der Waals surface area contributed by atoms with Crippen LogP contribution in [0.25, 0.3) is 0 Å². The third kappa shape index (κ3) is 18.2. The average molecular weight is 454 g/mol. The van der Waals surface area contributed by atoms with Crippen molar-refractivity contribution in [2.45, 2.75) is 0 Å². The maximum Gasteiger partial charge on any atom is 0 e. The first kappa shape index (κ1) is 23.3. The van der Waals surface area contributed by atoms with Crippen LogP contribution in [0.15, 0.2) is 0 Å². The van der Waals surface area contributed by atoms with Crippen molar-refractivity contribution in [3.8, 4) is 0 Å². The Morgan fingerprint density at radius 3 is 1.20 bits per heavy atom. The van der Waals surface area contributed by atoms with Crippen LogP contribution in [0.3, 0.4) is 0 Å². The molecule has 0 saturated heterocycles. The van der Waals surface area contributed by atoms with E-state index in [9.17, 15) is 0 Å². The Bertz CT molecular complexity index is 11.6.